The van der Waals surface area contributed by atoms with Crippen molar-refractivity contribution in [1.29, 1.82) is 0 Å². The molecule has 3 aromatic rings. The molecule has 0 unspecified atom stereocenters. The van der Waals surface area contributed by atoms with Crippen molar-refractivity contribution in [2.45, 2.75) is 6.42 Å². The van der Waals surface area contributed by atoms with Crippen LogP contribution in [0.15, 0.2) is 51.5 Å². The highest BCUT2D eigenvalue weighted by molar-refractivity contribution is 9.10. The van der Waals surface area contributed by atoms with Gasteiger partial charge < -0.3 is 4.52 Å². The fourth-order valence-electron chi connectivity index (χ4n) is 1.89. The highest BCUT2D eigenvalue weighted by atomic mass is 79.9. The van der Waals surface area contributed by atoms with Crippen molar-refractivity contribution in [3.8, 4) is 11.5 Å². The van der Waals surface area contributed by atoms with Crippen LogP contribution in [0.4, 0.5) is 4.39 Å². The Morgan fingerprint density at radius 1 is 1.14 bits per heavy atom. The van der Waals surface area contributed by atoms with Gasteiger partial charge in [-0.1, -0.05) is 38.8 Å². The van der Waals surface area contributed by atoms with Crippen LogP contribution in [-0.4, -0.2) is 10.1 Å². The highest BCUT2D eigenvalue weighted by Gasteiger charge is 2.13. The second-order valence-electron chi connectivity index (χ2n) is 4.40. The molecule has 106 valence electrons. The summed E-state index contributed by atoms with van der Waals surface area (Å²) >= 11 is 9.35. The Balaban J connectivity index is 1.87. The van der Waals surface area contributed by atoms with Gasteiger partial charge in [0.2, 0.25) is 0 Å². The molecule has 0 N–H and O–H groups in total. The smallest absolute Gasteiger partial charge is 0.257 e. The number of rotatable bonds is 3. The van der Waals surface area contributed by atoms with Gasteiger partial charge in [0.25, 0.3) is 5.89 Å². The lowest BCUT2D eigenvalue weighted by Gasteiger charge is -2.01. The Kier molecular flexibility index (Phi) is 4.03. The first-order chi connectivity index (χ1) is 10.1. The standard InChI is InChI=1S/C15H9BrClFN2O/c16-10-6-4-9(5-7-10)15-19-14(20-21-15)8-11-12(17)2-1-3-13(11)18/h1-7H,8H2. The number of hydrogen-bond donors (Lipinski definition) is 0. The van der Waals surface area contributed by atoms with Crippen LogP contribution in [0.3, 0.4) is 0 Å². The van der Waals surface area contributed by atoms with Gasteiger partial charge in [0.15, 0.2) is 5.82 Å². The van der Waals surface area contributed by atoms with Crippen molar-refractivity contribution < 1.29 is 8.91 Å². The minimum Gasteiger partial charge on any atom is -0.334 e. The number of nitrogens with zero attached hydrogens (tertiary/aromatic N) is 2. The molecule has 6 heteroatoms. The average Bonchev–Trinajstić information content (AvgIpc) is 2.92. The number of halogens is 3. The van der Waals surface area contributed by atoms with Gasteiger partial charge in [0, 0.05) is 27.0 Å². The van der Waals surface area contributed by atoms with E-state index in [4.69, 9.17) is 16.1 Å². The molecule has 0 aliphatic rings. The summed E-state index contributed by atoms with van der Waals surface area (Å²) in [5, 5.41) is 4.22. The summed E-state index contributed by atoms with van der Waals surface area (Å²) in [7, 11) is 0. The zero-order valence-electron chi connectivity index (χ0n) is 10.7. The fraction of sp³-hybridized carbons (Fsp3) is 0.0667. The summed E-state index contributed by atoms with van der Waals surface area (Å²) in [6.07, 6.45) is 0.186. The van der Waals surface area contributed by atoms with Gasteiger partial charge >= 0.3 is 0 Å². The Morgan fingerprint density at radius 2 is 1.90 bits per heavy atom. The quantitative estimate of drug-likeness (QED) is 0.662. The van der Waals surface area contributed by atoms with E-state index < -0.39 is 0 Å². The van der Waals surface area contributed by atoms with Crippen molar-refractivity contribution in [2.24, 2.45) is 0 Å². The van der Waals surface area contributed by atoms with Crippen LogP contribution in [-0.2, 0) is 6.42 Å². The SMILES string of the molecule is Fc1cccc(Cl)c1Cc1noc(-c2ccc(Br)cc2)n1. The molecule has 0 atom stereocenters. The maximum absolute atomic E-state index is 13.7. The Bertz CT molecular complexity index is 753. The van der Waals surface area contributed by atoms with Gasteiger partial charge in [-0.15, -0.1) is 0 Å². The number of aromatic nitrogens is 2. The van der Waals surface area contributed by atoms with Crippen LogP contribution in [0.25, 0.3) is 11.5 Å². The van der Waals surface area contributed by atoms with E-state index in [1.165, 1.54) is 6.07 Å². The molecular formula is C15H9BrClFN2O. The summed E-state index contributed by atoms with van der Waals surface area (Å²) in [5.74, 6) is 0.405. The average molecular weight is 368 g/mol. The summed E-state index contributed by atoms with van der Waals surface area (Å²) < 4.78 is 19.9. The Hall–Kier alpha value is -1.72. The summed E-state index contributed by atoms with van der Waals surface area (Å²) in [6, 6.07) is 12.0. The van der Waals surface area contributed by atoms with Crippen LogP contribution in [0, 0.1) is 5.82 Å². The third-order valence-electron chi connectivity index (χ3n) is 2.96. The third kappa shape index (κ3) is 3.14. The lowest BCUT2D eigenvalue weighted by Crippen LogP contribution is -1.95. The van der Waals surface area contributed by atoms with Crippen molar-refractivity contribution >= 4 is 27.5 Å². The molecule has 1 heterocycles. The normalized spacial score (nSPS) is 10.8. The number of hydrogen-bond acceptors (Lipinski definition) is 3. The van der Waals surface area contributed by atoms with Crippen LogP contribution < -0.4 is 0 Å². The zero-order chi connectivity index (χ0) is 14.8. The van der Waals surface area contributed by atoms with E-state index in [2.05, 4.69) is 26.1 Å². The van der Waals surface area contributed by atoms with Crippen LogP contribution >= 0.6 is 27.5 Å². The monoisotopic (exact) mass is 366 g/mol. The molecule has 0 fully saturated rings. The molecule has 3 nitrogen and oxygen atoms in total. The van der Waals surface area contributed by atoms with Crippen LogP contribution in [0.2, 0.25) is 5.02 Å². The Morgan fingerprint density at radius 3 is 2.62 bits per heavy atom. The molecular weight excluding hydrogens is 359 g/mol. The van der Waals surface area contributed by atoms with Gasteiger partial charge in [0.05, 0.1) is 0 Å². The summed E-state index contributed by atoms with van der Waals surface area (Å²) in [6.45, 7) is 0. The van der Waals surface area contributed by atoms with Crippen molar-refractivity contribution in [3.05, 3.63) is 69.2 Å². The molecule has 0 radical (unpaired) electrons. The van der Waals surface area contributed by atoms with E-state index in [-0.39, 0.29) is 12.2 Å². The first-order valence-electron chi connectivity index (χ1n) is 6.15. The number of benzene rings is 2. The van der Waals surface area contributed by atoms with E-state index in [1.54, 1.807) is 12.1 Å². The van der Waals surface area contributed by atoms with Crippen LogP contribution in [0.1, 0.15) is 11.4 Å². The van der Waals surface area contributed by atoms with Crippen molar-refractivity contribution in [3.63, 3.8) is 0 Å². The van der Waals surface area contributed by atoms with Crippen molar-refractivity contribution in [2.75, 3.05) is 0 Å². The maximum Gasteiger partial charge on any atom is 0.257 e. The minimum absolute atomic E-state index is 0.186. The molecule has 0 aliphatic carbocycles. The van der Waals surface area contributed by atoms with Crippen LogP contribution in [0.5, 0.6) is 0 Å². The molecule has 0 amide bonds. The highest BCUT2D eigenvalue weighted by Crippen LogP contribution is 2.24. The van der Waals surface area contributed by atoms with E-state index in [1.807, 2.05) is 24.3 Å². The molecule has 0 bridgehead atoms. The van der Waals surface area contributed by atoms with E-state index >= 15 is 0 Å². The molecule has 0 spiro atoms. The molecule has 21 heavy (non-hydrogen) atoms. The summed E-state index contributed by atoms with van der Waals surface area (Å²) in [4.78, 5) is 4.27. The first kappa shape index (κ1) is 14.2. The minimum atomic E-state index is -0.377. The van der Waals surface area contributed by atoms with E-state index in [9.17, 15) is 4.39 Å². The summed E-state index contributed by atoms with van der Waals surface area (Å²) in [5.41, 5.74) is 1.17. The van der Waals surface area contributed by atoms with E-state index in [0.717, 1.165) is 10.0 Å². The lowest BCUT2D eigenvalue weighted by atomic mass is 10.1. The third-order valence-corrected chi connectivity index (χ3v) is 3.84. The Labute approximate surface area is 133 Å². The fourth-order valence-corrected chi connectivity index (χ4v) is 2.39. The van der Waals surface area contributed by atoms with Gasteiger partial charge in [0.1, 0.15) is 5.82 Å². The molecule has 1 aromatic heterocycles. The zero-order valence-corrected chi connectivity index (χ0v) is 13.0. The molecule has 0 saturated carbocycles. The predicted molar refractivity (Wildman–Crippen MR) is 81.7 cm³/mol. The van der Waals surface area contributed by atoms with E-state index in [0.29, 0.717) is 22.3 Å². The van der Waals surface area contributed by atoms with Gasteiger partial charge in [-0.05, 0) is 36.4 Å². The van der Waals surface area contributed by atoms with Gasteiger partial charge in [-0.25, -0.2) is 4.39 Å². The second kappa shape index (κ2) is 5.95. The molecule has 2 aromatic carbocycles. The topological polar surface area (TPSA) is 38.9 Å². The van der Waals surface area contributed by atoms with Gasteiger partial charge in [-0.2, -0.15) is 4.98 Å². The largest absolute Gasteiger partial charge is 0.334 e. The van der Waals surface area contributed by atoms with Crippen molar-refractivity contribution in [1.82, 2.24) is 10.1 Å². The molecule has 0 aliphatic heterocycles. The lowest BCUT2D eigenvalue weighted by molar-refractivity contribution is 0.423. The predicted octanol–water partition coefficient (Wildman–Crippen LogP) is 4.88. The van der Waals surface area contributed by atoms with Gasteiger partial charge in [-0.3, -0.25) is 0 Å². The first-order valence-corrected chi connectivity index (χ1v) is 7.32. The maximum atomic E-state index is 13.7. The molecule has 3 rings (SSSR count). The molecule has 0 saturated heterocycles. The second-order valence-corrected chi connectivity index (χ2v) is 5.72.